The minimum Gasteiger partial charge on any atom is -0.399 e. The van der Waals surface area contributed by atoms with E-state index in [0.717, 1.165) is 57.1 Å². The van der Waals surface area contributed by atoms with Crippen LogP contribution >= 0.6 is 11.8 Å². The summed E-state index contributed by atoms with van der Waals surface area (Å²) in [6.45, 7) is 3.51. The number of carbonyl (C=O) groups excluding carboxylic acids is 1. The Hall–Kier alpha value is -3.26. The van der Waals surface area contributed by atoms with Crippen molar-refractivity contribution in [2.75, 3.05) is 24.3 Å². The molecule has 31 heavy (non-hydrogen) atoms. The molecule has 1 amide bonds. The number of fused-ring (bicyclic) bond motifs is 1. The lowest BCUT2D eigenvalue weighted by molar-refractivity contribution is -0.120. The zero-order chi connectivity index (χ0) is 21.8. The van der Waals surface area contributed by atoms with Crippen LogP contribution in [0.2, 0.25) is 0 Å². The maximum atomic E-state index is 12.2. The molecule has 0 aliphatic rings. The highest BCUT2D eigenvalue weighted by atomic mass is 32.2. The van der Waals surface area contributed by atoms with Gasteiger partial charge < -0.3 is 16.0 Å². The summed E-state index contributed by atoms with van der Waals surface area (Å²) < 4.78 is 1.93. The maximum absolute atomic E-state index is 12.2. The highest BCUT2D eigenvalue weighted by molar-refractivity contribution is 7.98. The minimum absolute atomic E-state index is 0.00326. The first-order chi connectivity index (χ1) is 15.1. The summed E-state index contributed by atoms with van der Waals surface area (Å²) in [7, 11) is 0. The summed E-state index contributed by atoms with van der Waals surface area (Å²) in [5.74, 6) is 0.906. The second-order valence-corrected chi connectivity index (χ2v) is 8.29. The number of aromatic amines is 1. The standard InChI is InChI=1S/C23H26N6OS/c1-3-29-14-20(22(28-29)15-4-6-16(24)7-5-15)18-8-9-26-23-19(18)12-17(27-23)13-21(30)25-10-11-31-2/h4-9,12,14H,3,10-11,13,24H2,1-2H3,(H,25,30)(H,26,27). The van der Waals surface area contributed by atoms with E-state index in [4.69, 9.17) is 10.8 Å². The van der Waals surface area contributed by atoms with Crippen LogP contribution in [0.1, 0.15) is 12.6 Å². The van der Waals surface area contributed by atoms with Gasteiger partial charge in [0.05, 0.1) is 6.42 Å². The van der Waals surface area contributed by atoms with Crippen LogP contribution in [-0.2, 0) is 17.8 Å². The number of aryl methyl sites for hydroxylation is 1. The van der Waals surface area contributed by atoms with E-state index in [1.165, 1.54) is 0 Å². The third-order valence-electron chi connectivity index (χ3n) is 5.13. The van der Waals surface area contributed by atoms with Crippen LogP contribution < -0.4 is 11.1 Å². The Bertz CT molecular complexity index is 1190. The number of nitrogen functional groups attached to an aromatic ring is 1. The summed E-state index contributed by atoms with van der Waals surface area (Å²) in [6, 6.07) is 11.8. The molecular weight excluding hydrogens is 408 g/mol. The van der Waals surface area contributed by atoms with Crippen molar-refractivity contribution in [1.82, 2.24) is 25.1 Å². The number of hydrogen-bond acceptors (Lipinski definition) is 5. The molecule has 0 unspecified atom stereocenters. The van der Waals surface area contributed by atoms with Crippen molar-refractivity contribution in [2.45, 2.75) is 19.9 Å². The maximum Gasteiger partial charge on any atom is 0.225 e. The highest BCUT2D eigenvalue weighted by Crippen LogP contribution is 2.35. The van der Waals surface area contributed by atoms with E-state index >= 15 is 0 Å². The Labute approximate surface area is 185 Å². The summed E-state index contributed by atoms with van der Waals surface area (Å²) in [5, 5.41) is 8.71. The van der Waals surface area contributed by atoms with E-state index in [9.17, 15) is 4.79 Å². The van der Waals surface area contributed by atoms with E-state index in [-0.39, 0.29) is 5.91 Å². The SMILES string of the molecule is CCn1cc(-c2ccnc3[nH]c(CC(=O)NCCSC)cc23)c(-c2ccc(N)cc2)n1. The quantitative estimate of drug-likeness (QED) is 0.290. The summed E-state index contributed by atoms with van der Waals surface area (Å²) in [4.78, 5) is 20.0. The molecule has 0 saturated heterocycles. The summed E-state index contributed by atoms with van der Waals surface area (Å²) in [5.41, 5.74) is 12.1. The van der Waals surface area contributed by atoms with Gasteiger partial charge in [-0.2, -0.15) is 16.9 Å². The predicted octanol–water partition coefficient (Wildman–Crippen LogP) is 3.72. The molecule has 0 radical (unpaired) electrons. The Kier molecular flexibility index (Phi) is 6.27. The van der Waals surface area contributed by atoms with Crippen molar-refractivity contribution in [1.29, 1.82) is 0 Å². The summed E-state index contributed by atoms with van der Waals surface area (Å²) >= 11 is 1.71. The smallest absolute Gasteiger partial charge is 0.225 e. The van der Waals surface area contributed by atoms with Crippen LogP contribution in [0.15, 0.2) is 48.8 Å². The van der Waals surface area contributed by atoms with Gasteiger partial charge in [0, 0.05) is 59.1 Å². The molecule has 4 N–H and O–H groups in total. The number of rotatable bonds is 8. The lowest BCUT2D eigenvalue weighted by Gasteiger charge is -2.04. The second kappa shape index (κ2) is 9.26. The molecular formula is C23H26N6OS. The zero-order valence-electron chi connectivity index (χ0n) is 17.7. The molecule has 0 aliphatic heterocycles. The molecule has 0 saturated carbocycles. The van der Waals surface area contributed by atoms with Crippen LogP contribution in [0.25, 0.3) is 33.4 Å². The Morgan fingerprint density at radius 3 is 2.77 bits per heavy atom. The van der Waals surface area contributed by atoms with E-state index in [1.807, 2.05) is 47.3 Å². The van der Waals surface area contributed by atoms with Crippen LogP contribution in [-0.4, -0.2) is 44.2 Å². The normalized spacial score (nSPS) is 11.2. The van der Waals surface area contributed by atoms with Crippen LogP contribution in [0, 0.1) is 0 Å². The van der Waals surface area contributed by atoms with Gasteiger partial charge in [0.1, 0.15) is 11.3 Å². The number of nitrogens with one attached hydrogen (secondary N) is 2. The number of pyridine rings is 1. The van der Waals surface area contributed by atoms with Crippen molar-refractivity contribution in [2.24, 2.45) is 0 Å². The van der Waals surface area contributed by atoms with Gasteiger partial charge in [-0.05, 0) is 43.0 Å². The molecule has 3 aromatic heterocycles. The monoisotopic (exact) mass is 434 g/mol. The zero-order valence-corrected chi connectivity index (χ0v) is 18.5. The molecule has 8 heteroatoms. The molecule has 4 aromatic rings. The van der Waals surface area contributed by atoms with Crippen molar-refractivity contribution in [3.05, 3.63) is 54.5 Å². The molecule has 160 valence electrons. The first kappa shape index (κ1) is 21.0. The van der Waals surface area contributed by atoms with Crippen molar-refractivity contribution in [3.63, 3.8) is 0 Å². The van der Waals surface area contributed by atoms with Crippen molar-refractivity contribution < 1.29 is 4.79 Å². The van der Waals surface area contributed by atoms with E-state index < -0.39 is 0 Å². The number of aromatic nitrogens is 4. The number of amides is 1. The Balaban J connectivity index is 1.72. The van der Waals surface area contributed by atoms with Gasteiger partial charge in [0.2, 0.25) is 5.91 Å². The van der Waals surface area contributed by atoms with Gasteiger partial charge >= 0.3 is 0 Å². The molecule has 0 atom stereocenters. The molecule has 0 fully saturated rings. The number of hydrogen-bond donors (Lipinski definition) is 3. The van der Waals surface area contributed by atoms with Gasteiger partial charge in [0.15, 0.2) is 0 Å². The first-order valence-electron chi connectivity index (χ1n) is 10.2. The van der Waals surface area contributed by atoms with E-state index in [1.54, 1.807) is 18.0 Å². The predicted molar refractivity (Wildman–Crippen MR) is 128 cm³/mol. The van der Waals surface area contributed by atoms with Gasteiger partial charge in [0.25, 0.3) is 0 Å². The van der Waals surface area contributed by atoms with Gasteiger partial charge in [-0.15, -0.1) is 0 Å². The third-order valence-corrected chi connectivity index (χ3v) is 5.74. The van der Waals surface area contributed by atoms with Crippen molar-refractivity contribution in [3.8, 4) is 22.4 Å². The lowest BCUT2D eigenvalue weighted by atomic mass is 10.00. The molecule has 1 aromatic carbocycles. The van der Waals surface area contributed by atoms with Crippen LogP contribution in [0.5, 0.6) is 0 Å². The molecule has 0 bridgehead atoms. The van der Waals surface area contributed by atoms with Gasteiger partial charge in [-0.25, -0.2) is 4.98 Å². The summed E-state index contributed by atoms with van der Waals surface area (Å²) in [6.07, 6.45) is 6.16. The average Bonchev–Trinajstić information content (AvgIpc) is 3.38. The fourth-order valence-corrected chi connectivity index (χ4v) is 3.88. The fraction of sp³-hybridized carbons (Fsp3) is 0.261. The number of H-pyrrole nitrogens is 1. The molecule has 4 rings (SSSR count). The third kappa shape index (κ3) is 4.59. The number of nitrogens with zero attached hydrogens (tertiary/aromatic N) is 3. The molecule has 3 heterocycles. The van der Waals surface area contributed by atoms with Gasteiger partial charge in [-0.3, -0.25) is 9.48 Å². The molecule has 0 aliphatic carbocycles. The van der Waals surface area contributed by atoms with Crippen LogP contribution in [0.4, 0.5) is 5.69 Å². The number of anilines is 1. The number of carbonyl (C=O) groups is 1. The minimum atomic E-state index is 0.00326. The largest absolute Gasteiger partial charge is 0.399 e. The second-order valence-electron chi connectivity index (χ2n) is 7.30. The highest BCUT2D eigenvalue weighted by Gasteiger charge is 2.17. The number of nitrogens with two attached hydrogens (primary N) is 1. The Morgan fingerprint density at radius 1 is 1.23 bits per heavy atom. The van der Waals surface area contributed by atoms with Crippen molar-refractivity contribution >= 4 is 34.4 Å². The molecule has 0 spiro atoms. The molecule has 7 nitrogen and oxygen atoms in total. The fourth-order valence-electron chi connectivity index (χ4n) is 3.57. The van der Waals surface area contributed by atoms with E-state index in [2.05, 4.69) is 28.4 Å². The van der Waals surface area contributed by atoms with Crippen LogP contribution in [0.3, 0.4) is 0 Å². The average molecular weight is 435 g/mol. The number of thioether (sulfide) groups is 1. The first-order valence-corrected chi connectivity index (χ1v) is 11.6. The van der Waals surface area contributed by atoms with Gasteiger partial charge in [-0.1, -0.05) is 12.1 Å². The Morgan fingerprint density at radius 2 is 2.03 bits per heavy atom. The lowest BCUT2D eigenvalue weighted by Crippen LogP contribution is -2.27. The number of benzene rings is 1. The van der Waals surface area contributed by atoms with E-state index in [0.29, 0.717) is 13.0 Å². The topological polar surface area (TPSA) is 102 Å².